The molecule has 1 atom stereocenters. The van der Waals surface area contributed by atoms with Gasteiger partial charge in [-0.15, -0.1) is 0 Å². The number of fused-ring (bicyclic) bond motifs is 1. The molecule has 1 aliphatic carbocycles. The van der Waals surface area contributed by atoms with Gasteiger partial charge in [-0.2, -0.15) is 0 Å². The van der Waals surface area contributed by atoms with Gasteiger partial charge < -0.3 is 4.90 Å². The van der Waals surface area contributed by atoms with E-state index >= 15 is 0 Å². The fourth-order valence-electron chi connectivity index (χ4n) is 3.86. The maximum atomic E-state index is 13.1. The van der Waals surface area contributed by atoms with Crippen molar-refractivity contribution in [2.45, 2.75) is 39.2 Å². The third-order valence-electron chi connectivity index (χ3n) is 5.49. The highest BCUT2D eigenvalue weighted by Crippen LogP contribution is 2.32. The lowest BCUT2D eigenvalue weighted by Crippen LogP contribution is -2.46. The number of nitrogens with zero attached hydrogens (tertiary/aromatic N) is 5. The van der Waals surface area contributed by atoms with Crippen molar-refractivity contribution < 1.29 is 4.79 Å². The molecular formula is C19H26ClN5O. The Morgan fingerprint density at radius 1 is 1.31 bits per heavy atom. The zero-order valence-corrected chi connectivity index (χ0v) is 16.2. The zero-order chi connectivity index (χ0) is 18.3. The minimum absolute atomic E-state index is 0.00876. The highest BCUT2D eigenvalue weighted by molar-refractivity contribution is 6.30. The molecule has 0 bridgehead atoms. The van der Waals surface area contributed by atoms with Gasteiger partial charge in [0.25, 0.3) is 5.91 Å². The lowest BCUT2D eigenvalue weighted by molar-refractivity contribution is 0.0699. The van der Waals surface area contributed by atoms with Crippen LogP contribution in [0.1, 0.15) is 43.6 Å². The van der Waals surface area contributed by atoms with Crippen LogP contribution < -0.4 is 0 Å². The van der Waals surface area contributed by atoms with E-state index in [0.717, 1.165) is 32.0 Å². The van der Waals surface area contributed by atoms with E-state index in [1.807, 2.05) is 4.90 Å². The molecule has 0 N–H and O–H groups in total. The van der Waals surface area contributed by atoms with E-state index in [0.29, 0.717) is 28.5 Å². The highest BCUT2D eigenvalue weighted by Gasteiger charge is 2.34. The molecule has 1 aliphatic heterocycles. The minimum atomic E-state index is -0.00876. The van der Waals surface area contributed by atoms with Gasteiger partial charge in [0, 0.05) is 44.6 Å². The third kappa shape index (κ3) is 3.71. The molecule has 26 heavy (non-hydrogen) atoms. The molecule has 140 valence electrons. The molecule has 2 aliphatic rings. The van der Waals surface area contributed by atoms with Crippen LogP contribution in [0.25, 0.3) is 5.78 Å². The molecule has 2 fully saturated rings. The second-order valence-electron chi connectivity index (χ2n) is 7.96. The quantitative estimate of drug-likeness (QED) is 0.824. The lowest BCUT2D eigenvalue weighted by Gasteiger charge is -2.34. The first-order chi connectivity index (χ1) is 12.5. The number of aromatic nitrogens is 3. The lowest BCUT2D eigenvalue weighted by atomic mass is 10.0. The van der Waals surface area contributed by atoms with Crippen LogP contribution in [0.4, 0.5) is 0 Å². The molecule has 0 unspecified atom stereocenters. The van der Waals surface area contributed by atoms with Crippen molar-refractivity contribution in [1.82, 2.24) is 24.2 Å². The molecular weight excluding hydrogens is 350 g/mol. The highest BCUT2D eigenvalue weighted by atomic mass is 35.5. The number of hydrogen-bond donors (Lipinski definition) is 0. The van der Waals surface area contributed by atoms with Gasteiger partial charge >= 0.3 is 0 Å². The third-order valence-corrected chi connectivity index (χ3v) is 5.69. The van der Waals surface area contributed by atoms with Crippen LogP contribution in [0.15, 0.2) is 18.6 Å². The average molecular weight is 376 g/mol. The van der Waals surface area contributed by atoms with E-state index in [1.54, 1.807) is 23.0 Å². The SMILES string of the molecule is CC(C)[C@H]1CN(C(=O)c2cn3cc(Cl)cnc3n2)CCCN1CC1CC1. The Balaban J connectivity index is 1.54. The molecule has 3 heterocycles. The Labute approximate surface area is 159 Å². The Kier molecular flexibility index (Phi) is 4.88. The maximum absolute atomic E-state index is 13.1. The first-order valence-corrected chi connectivity index (χ1v) is 9.92. The Hall–Kier alpha value is -1.66. The molecule has 1 saturated heterocycles. The van der Waals surface area contributed by atoms with Crippen LogP contribution in [0.3, 0.4) is 0 Å². The Bertz CT molecular complexity index is 800. The number of halogens is 1. The molecule has 0 radical (unpaired) electrons. The van der Waals surface area contributed by atoms with Crippen LogP contribution >= 0.6 is 11.6 Å². The van der Waals surface area contributed by atoms with Crippen molar-refractivity contribution in [2.75, 3.05) is 26.2 Å². The van der Waals surface area contributed by atoms with Gasteiger partial charge in [0.2, 0.25) is 5.78 Å². The molecule has 7 heteroatoms. The summed E-state index contributed by atoms with van der Waals surface area (Å²) in [5, 5.41) is 0.527. The molecule has 1 saturated carbocycles. The summed E-state index contributed by atoms with van der Waals surface area (Å²) in [4.78, 5) is 26.3. The molecule has 0 aromatic carbocycles. The fourth-order valence-corrected chi connectivity index (χ4v) is 4.02. The van der Waals surface area contributed by atoms with Gasteiger partial charge in [0.1, 0.15) is 5.69 Å². The van der Waals surface area contributed by atoms with Crippen molar-refractivity contribution in [3.63, 3.8) is 0 Å². The molecule has 1 amide bonds. The van der Waals surface area contributed by atoms with Gasteiger partial charge in [-0.1, -0.05) is 25.4 Å². The molecule has 6 nitrogen and oxygen atoms in total. The van der Waals surface area contributed by atoms with Crippen molar-refractivity contribution >= 4 is 23.3 Å². The van der Waals surface area contributed by atoms with Crippen molar-refractivity contribution in [2.24, 2.45) is 11.8 Å². The van der Waals surface area contributed by atoms with Gasteiger partial charge in [-0.25, -0.2) is 9.97 Å². The van der Waals surface area contributed by atoms with Crippen LogP contribution in [0.5, 0.6) is 0 Å². The second kappa shape index (κ2) is 7.16. The summed E-state index contributed by atoms with van der Waals surface area (Å²) in [7, 11) is 0. The van der Waals surface area contributed by atoms with Gasteiger partial charge in [0.15, 0.2) is 0 Å². The summed E-state index contributed by atoms with van der Waals surface area (Å²) in [6, 6.07) is 0.409. The van der Waals surface area contributed by atoms with E-state index in [4.69, 9.17) is 11.6 Å². The van der Waals surface area contributed by atoms with Crippen LogP contribution in [0.2, 0.25) is 5.02 Å². The predicted octanol–water partition coefficient (Wildman–Crippen LogP) is 2.97. The first kappa shape index (κ1) is 17.7. The largest absolute Gasteiger partial charge is 0.336 e. The normalized spacial score (nSPS) is 22.2. The number of carbonyl (C=O) groups excluding carboxylic acids is 1. The zero-order valence-electron chi connectivity index (χ0n) is 15.4. The van der Waals surface area contributed by atoms with E-state index in [9.17, 15) is 4.79 Å². The summed E-state index contributed by atoms with van der Waals surface area (Å²) in [5.41, 5.74) is 0.443. The standard InChI is InChI=1S/C19H26ClN5O/c1-13(2)17-12-24(7-3-6-23(17)9-14-4-5-14)18(26)16-11-25-10-15(20)8-21-19(25)22-16/h8,10-11,13-14,17H,3-7,9,12H2,1-2H3/t17-/m1/s1. The van der Waals surface area contributed by atoms with E-state index in [2.05, 4.69) is 28.7 Å². The van der Waals surface area contributed by atoms with E-state index in [1.165, 1.54) is 19.4 Å². The van der Waals surface area contributed by atoms with E-state index < -0.39 is 0 Å². The number of carbonyl (C=O) groups is 1. The monoisotopic (exact) mass is 375 g/mol. The molecule has 0 spiro atoms. The van der Waals surface area contributed by atoms with Gasteiger partial charge in [-0.05, 0) is 31.1 Å². The van der Waals surface area contributed by atoms with E-state index in [-0.39, 0.29) is 5.91 Å². The molecule has 4 rings (SSSR count). The average Bonchev–Trinajstić information content (AvgIpc) is 3.36. The summed E-state index contributed by atoms with van der Waals surface area (Å²) >= 11 is 5.98. The van der Waals surface area contributed by atoms with Crippen molar-refractivity contribution in [1.29, 1.82) is 0 Å². The smallest absolute Gasteiger partial charge is 0.274 e. The summed E-state index contributed by atoms with van der Waals surface area (Å²) in [6.45, 7) is 8.33. The predicted molar refractivity (Wildman–Crippen MR) is 101 cm³/mol. The summed E-state index contributed by atoms with van der Waals surface area (Å²) in [5.74, 6) is 1.88. The summed E-state index contributed by atoms with van der Waals surface area (Å²) in [6.07, 6.45) is 8.74. The Morgan fingerprint density at radius 2 is 2.12 bits per heavy atom. The van der Waals surface area contributed by atoms with Crippen LogP contribution in [0, 0.1) is 11.8 Å². The number of imidazole rings is 1. The van der Waals surface area contributed by atoms with Gasteiger partial charge in [-0.3, -0.25) is 14.1 Å². The molecule has 2 aromatic heterocycles. The van der Waals surface area contributed by atoms with Crippen LogP contribution in [-0.4, -0.2) is 62.3 Å². The number of hydrogen-bond acceptors (Lipinski definition) is 4. The second-order valence-corrected chi connectivity index (χ2v) is 8.40. The van der Waals surface area contributed by atoms with Gasteiger partial charge in [0.05, 0.1) is 11.2 Å². The minimum Gasteiger partial charge on any atom is -0.336 e. The topological polar surface area (TPSA) is 53.7 Å². The Morgan fingerprint density at radius 3 is 2.85 bits per heavy atom. The van der Waals surface area contributed by atoms with Crippen LogP contribution in [-0.2, 0) is 0 Å². The maximum Gasteiger partial charge on any atom is 0.274 e. The summed E-state index contributed by atoms with van der Waals surface area (Å²) < 4.78 is 1.71. The van der Waals surface area contributed by atoms with Crippen molar-refractivity contribution in [3.05, 3.63) is 29.3 Å². The first-order valence-electron chi connectivity index (χ1n) is 9.55. The van der Waals surface area contributed by atoms with Crippen molar-refractivity contribution in [3.8, 4) is 0 Å². The molecule has 2 aromatic rings. The number of amides is 1. The fraction of sp³-hybridized carbons (Fsp3) is 0.632. The number of rotatable bonds is 4.